The number of halogens is 3. The topological polar surface area (TPSA) is 20.2 Å². The summed E-state index contributed by atoms with van der Waals surface area (Å²) < 4.78 is 26.6. The van der Waals surface area contributed by atoms with Crippen LogP contribution in [-0.2, 0) is 0 Å². The van der Waals surface area contributed by atoms with Crippen LogP contribution in [0, 0.1) is 18.6 Å². The van der Waals surface area contributed by atoms with Gasteiger partial charge in [-0.15, -0.1) is 0 Å². The van der Waals surface area contributed by atoms with Crippen molar-refractivity contribution >= 4 is 11.6 Å². The molecule has 0 aromatic heterocycles. The van der Waals surface area contributed by atoms with Gasteiger partial charge in [0.15, 0.2) is 0 Å². The average molecular weight is 269 g/mol. The molecule has 0 saturated heterocycles. The molecule has 0 aliphatic heterocycles. The van der Waals surface area contributed by atoms with Gasteiger partial charge < -0.3 is 5.11 Å². The SMILES string of the molecule is Cc1cc(F)cc(C(O)c2cccc(F)c2Cl)c1. The van der Waals surface area contributed by atoms with E-state index in [1.165, 1.54) is 30.3 Å². The summed E-state index contributed by atoms with van der Waals surface area (Å²) in [5.74, 6) is -1.06. The van der Waals surface area contributed by atoms with E-state index in [1.54, 1.807) is 13.0 Å². The fourth-order valence-electron chi connectivity index (χ4n) is 1.83. The van der Waals surface area contributed by atoms with Gasteiger partial charge in [-0.05, 0) is 36.2 Å². The molecule has 18 heavy (non-hydrogen) atoms. The molecule has 0 saturated carbocycles. The Labute approximate surface area is 109 Å². The maximum absolute atomic E-state index is 13.3. The number of hydrogen-bond donors (Lipinski definition) is 1. The van der Waals surface area contributed by atoms with E-state index in [2.05, 4.69) is 0 Å². The van der Waals surface area contributed by atoms with Crippen LogP contribution in [0.25, 0.3) is 0 Å². The molecule has 0 amide bonds. The molecule has 0 heterocycles. The molecule has 0 radical (unpaired) electrons. The van der Waals surface area contributed by atoms with Gasteiger partial charge in [0.05, 0.1) is 5.02 Å². The van der Waals surface area contributed by atoms with E-state index >= 15 is 0 Å². The van der Waals surface area contributed by atoms with Crippen molar-refractivity contribution in [2.45, 2.75) is 13.0 Å². The summed E-state index contributed by atoms with van der Waals surface area (Å²) in [5.41, 5.74) is 1.25. The van der Waals surface area contributed by atoms with Crippen molar-refractivity contribution in [3.8, 4) is 0 Å². The Bertz CT molecular complexity index is 564. The maximum Gasteiger partial charge on any atom is 0.142 e. The summed E-state index contributed by atoms with van der Waals surface area (Å²) in [7, 11) is 0. The summed E-state index contributed by atoms with van der Waals surface area (Å²) >= 11 is 5.79. The minimum absolute atomic E-state index is 0.146. The zero-order valence-electron chi connectivity index (χ0n) is 9.62. The molecule has 1 N–H and O–H groups in total. The van der Waals surface area contributed by atoms with Crippen molar-refractivity contribution in [1.29, 1.82) is 0 Å². The molecule has 94 valence electrons. The zero-order chi connectivity index (χ0) is 13.3. The average Bonchev–Trinajstić information content (AvgIpc) is 2.30. The molecule has 0 aliphatic carbocycles. The van der Waals surface area contributed by atoms with Gasteiger partial charge in [-0.2, -0.15) is 0 Å². The molecule has 0 aliphatic rings. The number of hydrogen-bond acceptors (Lipinski definition) is 1. The van der Waals surface area contributed by atoms with Gasteiger partial charge in [-0.3, -0.25) is 0 Å². The van der Waals surface area contributed by atoms with Gasteiger partial charge in [-0.1, -0.05) is 29.8 Å². The van der Waals surface area contributed by atoms with Crippen molar-refractivity contribution < 1.29 is 13.9 Å². The number of aliphatic hydroxyl groups excluding tert-OH is 1. The molecular formula is C14H11ClF2O. The molecule has 1 atom stereocenters. The fourth-order valence-corrected chi connectivity index (χ4v) is 2.06. The standard InChI is InChI=1S/C14H11ClF2O/c1-8-5-9(7-10(16)6-8)14(18)11-3-2-4-12(17)13(11)15/h2-7,14,18H,1H3. The molecule has 2 rings (SSSR count). The Hall–Kier alpha value is -1.45. The first kappa shape index (κ1) is 13.0. The van der Waals surface area contributed by atoms with Crippen molar-refractivity contribution in [2.75, 3.05) is 0 Å². The highest BCUT2D eigenvalue weighted by atomic mass is 35.5. The van der Waals surface area contributed by atoms with Crippen molar-refractivity contribution in [3.05, 3.63) is 69.7 Å². The second-order valence-corrected chi connectivity index (χ2v) is 4.49. The fraction of sp³-hybridized carbons (Fsp3) is 0.143. The lowest BCUT2D eigenvalue weighted by Gasteiger charge is -2.14. The quantitative estimate of drug-likeness (QED) is 0.873. The van der Waals surface area contributed by atoms with Crippen molar-refractivity contribution in [1.82, 2.24) is 0 Å². The largest absolute Gasteiger partial charge is 0.384 e. The second kappa shape index (κ2) is 5.04. The molecule has 0 bridgehead atoms. The van der Waals surface area contributed by atoms with Gasteiger partial charge >= 0.3 is 0 Å². The lowest BCUT2D eigenvalue weighted by molar-refractivity contribution is 0.219. The highest BCUT2D eigenvalue weighted by molar-refractivity contribution is 6.31. The van der Waals surface area contributed by atoms with Gasteiger partial charge in [0.1, 0.15) is 17.7 Å². The highest BCUT2D eigenvalue weighted by Gasteiger charge is 2.17. The monoisotopic (exact) mass is 268 g/mol. The molecule has 4 heteroatoms. The van der Waals surface area contributed by atoms with Crippen LogP contribution in [0.3, 0.4) is 0 Å². The first-order chi connectivity index (χ1) is 8.49. The van der Waals surface area contributed by atoms with Crippen LogP contribution in [0.2, 0.25) is 5.02 Å². The third kappa shape index (κ3) is 2.52. The maximum atomic E-state index is 13.3. The Morgan fingerprint density at radius 1 is 1.17 bits per heavy atom. The van der Waals surface area contributed by atoms with E-state index in [4.69, 9.17) is 11.6 Å². The molecule has 1 unspecified atom stereocenters. The lowest BCUT2D eigenvalue weighted by Crippen LogP contribution is -2.02. The van der Waals surface area contributed by atoms with Crippen LogP contribution in [0.15, 0.2) is 36.4 Å². The van der Waals surface area contributed by atoms with Crippen LogP contribution in [0.1, 0.15) is 22.8 Å². The van der Waals surface area contributed by atoms with Gasteiger partial charge in [-0.25, -0.2) is 8.78 Å². The van der Waals surface area contributed by atoms with Crippen LogP contribution in [0.4, 0.5) is 8.78 Å². The van der Waals surface area contributed by atoms with E-state index in [1.807, 2.05) is 0 Å². The van der Waals surface area contributed by atoms with Gasteiger partial charge in [0.25, 0.3) is 0 Å². The van der Waals surface area contributed by atoms with Crippen molar-refractivity contribution in [3.63, 3.8) is 0 Å². The Balaban J connectivity index is 2.47. The molecule has 0 spiro atoms. The van der Waals surface area contributed by atoms with E-state index in [9.17, 15) is 13.9 Å². The Kier molecular flexibility index (Phi) is 3.64. The third-order valence-corrected chi connectivity index (χ3v) is 3.05. The van der Waals surface area contributed by atoms with Gasteiger partial charge in [0, 0.05) is 5.56 Å². The third-order valence-electron chi connectivity index (χ3n) is 2.66. The number of rotatable bonds is 2. The highest BCUT2D eigenvalue weighted by Crippen LogP contribution is 2.30. The van der Waals surface area contributed by atoms with Crippen LogP contribution < -0.4 is 0 Å². The lowest BCUT2D eigenvalue weighted by atomic mass is 9.99. The summed E-state index contributed by atoms with van der Waals surface area (Å²) in [4.78, 5) is 0. The second-order valence-electron chi connectivity index (χ2n) is 4.11. The number of aryl methyl sites for hydroxylation is 1. The summed E-state index contributed by atoms with van der Waals surface area (Å²) in [6.07, 6.45) is -1.15. The van der Waals surface area contributed by atoms with Crippen molar-refractivity contribution in [2.24, 2.45) is 0 Å². The molecule has 2 aromatic rings. The Morgan fingerprint density at radius 2 is 1.89 bits per heavy atom. The molecule has 0 fully saturated rings. The van der Waals surface area contributed by atoms with E-state index < -0.39 is 17.7 Å². The summed E-state index contributed by atoms with van der Waals surface area (Å²) in [5, 5.41) is 9.98. The van der Waals surface area contributed by atoms with Crippen LogP contribution >= 0.6 is 11.6 Å². The zero-order valence-corrected chi connectivity index (χ0v) is 10.4. The minimum Gasteiger partial charge on any atom is -0.384 e. The number of benzene rings is 2. The summed E-state index contributed by atoms with van der Waals surface area (Å²) in [6.45, 7) is 1.71. The van der Waals surface area contributed by atoms with Crippen LogP contribution in [-0.4, -0.2) is 5.11 Å². The van der Waals surface area contributed by atoms with E-state index in [0.29, 0.717) is 11.1 Å². The molecular weight excluding hydrogens is 258 g/mol. The Morgan fingerprint density at radius 3 is 2.56 bits per heavy atom. The van der Waals surface area contributed by atoms with E-state index in [0.717, 1.165) is 0 Å². The normalized spacial score (nSPS) is 12.5. The van der Waals surface area contributed by atoms with Gasteiger partial charge in [0.2, 0.25) is 0 Å². The van der Waals surface area contributed by atoms with E-state index in [-0.39, 0.29) is 10.6 Å². The summed E-state index contributed by atoms with van der Waals surface area (Å²) in [6, 6.07) is 8.36. The molecule has 1 nitrogen and oxygen atoms in total. The predicted molar refractivity (Wildman–Crippen MR) is 66.6 cm³/mol. The predicted octanol–water partition coefficient (Wildman–Crippen LogP) is 4.01. The first-order valence-electron chi connectivity index (χ1n) is 5.38. The van der Waals surface area contributed by atoms with Crippen LogP contribution in [0.5, 0.6) is 0 Å². The minimum atomic E-state index is -1.15. The number of aliphatic hydroxyl groups is 1. The first-order valence-corrected chi connectivity index (χ1v) is 5.76. The molecule has 2 aromatic carbocycles. The smallest absolute Gasteiger partial charge is 0.142 e.